The number of nitrogens with zero attached hydrogens (tertiary/aromatic N) is 1. The van der Waals surface area contributed by atoms with Crippen molar-refractivity contribution in [1.29, 1.82) is 0 Å². The number of ether oxygens (including phenoxy) is 2. The van der Waals surface area contributed by atoms with E-state index in [2.05, 4.69) is 20.9 Å². The maximum Gasteiger partial charge on any atom is 0.158 e. The van der Waals surface area contributed by atoms with Crippen LogP contribution in [0.2, 0.25) is 0 Å². The third-order valence-electron chi connectivity index (χ3n) is 2.33. The summed E-state index contributed by atoms with van der Waals surface area (Å²) in [5.41, 5.74) is 0.929. The lowest BCUT2D eigenvalue weighted by molar-refractivity contribution is -0.169. The van der Waals surface area contributed by atoms with Crippen molar-refractivity contribution >= 4 is 15.9 Å². The maximum absolute atomic E-state index is 5.62. The summed E-state index contributed by atoms with van der Waals surface area (Å²) >= 11 is 3.40. The van der Waals surface area contributed by atoms with Crippen LogP contribution >= 0.6 is 15.9 Å². The molecular formula is C11H14BrNO2. The van der Waals surface area contributed by atoms with Gasteiger partial charge in [-0.1, -0.05) is 15.9 Å². The summed E-state index contributed by atoms with van der Waals surface area (Å²) in [6, 6.07) is 3.86. The van der Waals surface area contributed by atoms with Gasteiger partial charge in [0.05, 0.1) is 12.3 Å². The number of hydrogen-bond acceptors (Lipinski definition) is 3. The van der Waals surface area contributed by atoms with Gasteiger partial charge in [0.15, 0.2) is 6.29 Å². The Kier molecular flexibility index (Phi) is 4.11. The highest BCUT2D eigenvalue weighted by atomic mass is 79.9. The monoisotopic (exact) mass is 271 g/mol. The fourth-order valence-corrected chi connectivity index (χ4v) is 1.93. The van der Waals surface area contributed by atoms with Gasteiger partial charge < -0.3 is 9.47 Å². The van der Waals surface area contributed by atoms with Gasteiger partial charge in [0.1, 0.15) is 0 Å². The maximum atomic E-state index is 5.62. The first-order valence-electron chi connectivity index (χ1n) is 5.18. The van der Waals surface area contributed by atoms with Crippen LogP contribution in [0.4, 0.5) is 0 Å². The largest absolute Gasteiger partial charge is 0.353 e. The number of aromatic nitrogens is 1. The van der Waals surface area contributed by atoms with Crippen LogP contribution in [0.25, 0.3) is 0 Å². The van der Waals surface area contributed by atoms with E-state index in [1.165, 1.54) is 6.42 Å². The Bertz CT molecular complexity index is 313. The van der Waals surface area contributed by atoms with Crippen molar-refractivity contribution in [2.24, 2.45) is 0 Å². The average molecular weight is 272 g/mol. The van der Waals surface area contributed by atoms with Crippen molar-refractivity contribution < 1.29 is 9.47 Å². The molecule has 0 N–H and O–H groups in total. The quantitative estimate of drug-likeness (QED) is 0.847. The van der Waals surface area contributed by atoms with Gasteiger partial charge >= 0.3 is 0 Å². The van der Waals surface area contributed by atoms with E-state index < -0.39 is 0 Å². The van der Waals surface area contributed by atoms with Gasteiger partial charge in [0.25, 0.3) is 0 Å². The molecular weight excluding hydrogens is 258 g/mol. The number of hydrogen-bond donors (Lipinski definition) is 0. The fourth-order valence-electron chi connectivity index (χ4n) is 1.55. The summed E-state index contributed by atoms with van der Waals surface area (Å²) in [6.07, 6.45) is 5.06. The van der Waals surface area contributed by atoms with Crippen molar-refractivity contribution in [2.75, 3.05) is 6.61 Å². The second-order valence-electron chi connectivity index (χ2n) is 3.57. The topological polar surface area (TPSA) is 31.4 Å². The van der Waals surface area contributed by atoms with Crippen LogP contribution in [0.5, 0.6) is 0 Å². The van der Waals surface area contributed by atoms with Crippen molar-refractivity contribution in [1.82, 2.24) is 4.98 Å². The standard InChI is InChI=1S/C11H14BrNO2/c12-9-4-5-13-10(7-9)8-15-11-3-1-2-6-14-11/h4-5,7,11H,1-3,6,8H2. The molecule has 0 amide bonds. The molecule has 1 atom stereocenters. The molecule has 0 radical (unpaired) electrons. The molecule has 0 aromatic carbocycles. The Morgan fingerprint density at radius 1 is 1.53 bits per heavy atom. The van der Waals surface area contributed by atoms with E-state index in [1.54, 1.807) is 6.20 Å². The lowest BCUT2D eigenvalue weighted by Crippen LogP contribution is -2.22. The SMILES string of the molecule is Brc1ccnc(COC2CCCCO2)c1. The molecule has 1 saturated heterocycles. The fraction of sp³-hybridized carbons (Fsp3) is 0.545. The smallest absolute Gasteiger partial charge is 0.158 e. The van der Waals surface area contributed by atoms with Crippen LogP contribution in [0.1, 0.15) is 25.0 Å². The third-order valence-corrected chi connectivity index (χ3v) is 2.83. The highest BCUT2D eigenvalue weighted by molar-refractivity contribution is 9.10. The minimum atomic E-state index is -0.0421. The van der Waals surface area contributed by atoms with Gasteiger partial charge in [-0.05, 0) is 31.4 Å². The summed E-state index contributed by atoms with van der Waals surface area (Å²) in [5.74, 6) is 0. The minimum absolute atomic E-state index is 0.0421. The molecule has 1 aliphatic heterocycles. The minimum Gasteiger partial charge on any atom is -0.353 e. The molecule has 15 heavy (non-hydrogen) atoms. The first-order chi connectivity index (χ1) is 7.34. The van der Waals surface area contributed by atoms with Crippen LogP contribution < -0.4 is 0 Å². The molecule has 1 aromatic heterocycles. The molecule has 2 rings (SSSR count). The molecule has 1 aromatic rings. The highest BCUT2D eigenvalue weighted by Crippen LogP contribution is 2.16. The number of rotatable bonds is 3. The van der Waals surface area contributed by atoms with E-state index in [-0.39, 0.29) is 6.29 Å². The van der Waals surface area contributed by atoms with E-state index in [0.29, 0.717) is 6.61 Å². The Morgan fingerprint density at radius 2 is 2.47 bits per heavy atom. The molecule has 1 fully saturated rings. The molecule has 82 valence electrons. The van der Waals surface area contributed by atoms with Gasteiger partial charge in [-0.2, -0.15) is 0 Å². The molecule has 1 aliphatic rings. The van der Waals surface area contributed by atoms with E-state index in [4.69, 9.17) is 9.47 Å². The van der Waals surface area contributed by atoms with Crippen molar-refractivity contribution in [3.8, 4) is 0 Å². The van der Waals surface area contributed by atoms with Crippen LogP contribution in [-0.4, -0.2) is 17.9 Å². The molecule has 0 bridgehead atoms. The Labute approximate surface area is 97.9 Å². The van der Waals surface area contributed by atoms with E-state index in [0.717, 1.165) is 29.6 Å². The van der Waals surface area contributed by atoms with Crippen LogP contribution in [0.15, 0.2) is 22.8 Å². The zero-order valence-electron chi connectivity index (χ0n) is 8.49. The average Bonchev–Trinajstić information content (AvgIpc) is 2.28. The van der Waals surface area contributed by atoms with Gasteiger partial charge in [0, 0.05) is 17.3 Å². The molecule has 0 spiro atoms. The van der Waals surface area contributed by atoms with Crippen molar-refractivity contribution in [3.05, 3.63) is 28.5 Å². The van der Waals surface area contributed by atoms with Crippen LogP contribution in [0.3, 0.4) is 0 Å². The van der Waals surface area contributed by atoms with E-state index >= 15 is 0 Å². The molecule has 1 unspecified atom stereocenters. The van der Waals surface area contributed by atoms with Gasteiger partial charge in [0.2, 0.25) is 0 Å². The van der Waals surface area contributed by atoms with E-state index in [1.807, 2.05) is 12.1 Å². The molecule has 0 aliphatic carbocycles. The zero-order valence-corrected chi connectivity index (χ0v) is 10.1. The van der Waals surface area contributed by atoms with Gasteiger partial charge in [-0.25, -0.2) is 0 Å². The predicted octanol–water partition coefficient (Wildman–Crippen LogP) is 2.89. The molecule has 3 nitrogen and oxygen atoms in total. The summed E-state index contributed by atoms with van der Waals surface area (Å²) < 4.78 is 12.1. The molecule has 0 saturated carbocycles. The van der Waals surface area contributed by atoms with Crippen LogP contribution in [0, 0.1) is 0 Å². The zero-order chi connectivity index (χ0) is 10.5. The summed E-state index contributed by atoms with van der Waals surface area (Å²) in [4.78, 5) is 4.21. The van der Waals surface area contributed by atoms with E-state index in [9.17, 15) is 0 Å². The second kappa shape index (κ2) is 5.58. The first-order valence-corrected chi connectivity index (χ1v) is 5.97. The summed E-state index contributed by atoms with van der Waals surface area (Å²) in [6.45, 7) is 1.33. The first kappa shape index (κ1) is 11.0. The third kappa shape index (κ3) is 3.55. The second-order valence-corrected chi connectivity index (χ2v) is 4.49. The number of halogens is 1. The lowest BCUT2D eigenvalue weighted by Gasteiger charge is -2.22. The summed E-state index contributed by atoms with van der Waals surface area (Å²) in [5, 5.41) is 0. The lowest BCUT2D eigenvalue weighted by atomic mass is 10.2. The van der Waals surface area contributed by atoms with Gasteiger partial charge in [-0.3, -0.25) is 4.98 Å². The highest BCUT2D eigenvalue weighted by Gasteiger charge is 2.13. The molecule has 2 heterocycles. The van der Waals surface area contributed by atoms with Crippen molar-refractivity contribution in [2.45, 2.75) is 32.2 Å². The normalized spacial score (nSPS) is 21.5. The predicted molar refractivity (Wildman–Crippen MR) is 60.3 cm³/mol. The Morgan fingerprint density at radius 3 is 3.20 bits per heavy atom. The van der Waals surface area contributed by atoms with Crippen LogP contribution in [-0.2, 0) is 16.1 Å². The Balaban J connectivity index is 1.81. The molecule has 4 heteroatoms. The Hall–Kier alpha value is -0.450. The number of pyridine rings is 1. The van der Waals surface area contributed by atoms with Crippen molar-refractivity contribution in [3.63, 3.8) is 0 Å². The summed E-state index contributed by atoms with van der Waals surface area (Å²) in [7, 11) is 0. The van der Waals surface area contributed by atoms with Gasteiger partial charge in [-0.15, -0.1) is 0 Å².